The fourth-order valence-corrected chi connectivity index (χ4v) is 10.4. The highest BCUT2D eigenvalue weighted by atomic mass is 16.5. The average molecular weight is 669 g/mol. The fraction of sp³-hybridized carbons (Fsp3) is 0.884. The highest BCUT2D eigenvalue weighted by Crippen LogP contribution is 2.65. The van der Waals surface area contributed by atoms with Crippen LogP contribution in [0, 0.1) is 28.6 Å². The Hall–Kier alpha value is -1.65. The van der Waals surface area contributed by atoms with Crippen LogP contribution in [0.4, 0.5) is 0 Å². The lowest BCUT2D eigenvalue weighted by Crippen LogP contribution is -2.54. The van der Waals surface area contributed by atoms with E-state index in [2.05, 4.69) is 20.8 Å². The molecule has 0 radical (unpaired) electrons. The van der Waals surface area contributed by atoms with Gasteiger partial charge in [-0.2, -0.15) is 0 Å². The van der Waals surface area contributed by atoms with E-state index in [0.717, 1.165) is 70.6 Å². The summed E-state index contributed by atoms with van der Waals surface area (Å²) in [4.78, 5) is 38.6. The lowest BCUT2D eigenvalue weighted by atomic mass is 9.47. The summed E-state index contributed by atoms with van der Waals surface area (Å²) in [5.41, 5.74) is 1.08. The Bertz CT molecular complexity index is 1030. The number of ether oxygens (including phenoxy) is 2. The smallest absolute Gasteiger partial charge is 0.306 e. The maximum atomic E-state index is 13.0. The van der Waals surface area contributed by atoms with Gasteiger partial charge in [-0.25, -0.2) is 0 Å². The predicted molar refractivity (Wildman–Crippen MR) is 196 cm³/mol. The summed E-state index contributed by atoms with van der Waals surface area (Å²) >= 11 is 0. The first kappa shape index (κ1) is 39.1. The van der Waals surface area contributed by atoms with Gasteiger partial charge in [0.1, 0.15) is 12.7 Å². The molecule has 0 aliphatic heterocycles. The van der Waals surface area contributed by atoms with Crippen molar-refractivity contribution >= 4 is 17.7 Å². The van der Waals surface area contributed by atoms with Crippen LogP contribution in [0.5, 0.6) is 0 Å². The van der Waals surface area contributed by atoms with E-state index >= 15 is 0 Å². The number of rotatable bonds is 23. The quantitative estimate of drug-likeness (QED) is 0.0800. The Balaban J connectivity index is 1.24. The number of esters is 2. The average Bonchev–Trinajstić information content (AvgIpc) is 3.41. The highest BCUT2D eigenvalue weighted by Gasteiger charge is 2.61. The summed E-state index contributed by atoms with van der Waals surface area (Å²) in [6.07, 6.45) is 32.9. The summed E-state index contributed by atoms with van der Waals surface area (Å²) in [5, 5.41) is 0. The first-order valence-corrected chi connectivity index (χ1v) is 20.9. The number of hydrogen-bond donors (Lipinski definition) is 0. The Morgan fingerprint density at radius 3 is 1.83 bits per heavy atom. The number of hydrogen-bond acceptors (Lipinski definition) is 5. The summed E-state index contributed by atoms with van der Waals surface area (Å²) < 4.78 is 12.4. The molecule has 0 aromatic carbocycles. The minimum absolute atomic E-state index is 0.00181. The first-order valence-electron chi connectivity index (χ1n) is 20.9. The van der Waals surface area contributed by atoms with Gasteiger partial charge in [-0.3, -0.25) is 14.4 Å². The van der Waals surface area contributed by atoms with Crippen LogP contribution >= 0.6 is 0 Å². The Morgan fingerprint density at radius 1 is 0.667 bits per heavy atom. The molecule has 0 saturated heterocycles. The summed E-state index contributed by atoms with van der Waals surface area (Å²) in [5.74, 6) is 1.66. The minimum Gasteiger partial charge on any atom is -0.465 e. The van der Waals surface area contributed by atoms with Crippen molar-refractivity contribution < 1.29 is 23.9 Å². The number of unbranched alkanes of at least 4 members (excludes halogenated alkanes) is 16. The normalized spacial score (nSPS) is 29.5. The van der Waals surface area contributed by atoms with Crippen molar-refractivity contribution in [1.82, 2.24) is 0 Å². The van der Waals surface area contributed by atoms with Crippen LogP contribution in [0.25, 0.3) is 0 Å². The van der Waals surface area contributed by atoms with Crippen molar-refractivity contribution in [2.45, 2.75) is 207 Å². The zero-order valence-electron chi connectivity index (χ0n) is 31.4. The molecule has 1 unspecified atom stereocenters. The summed E-state index contributed by atoms with van der Waals surface area (Å²) in [6, 6.07) is 0. The molecule has 5 heteroatoms. The number of carbonyl (C=O) groups excluding carboxylic acids is 3. The summed E-state index contributed by atoms with van der Waals surface area (Å²) in [6.45, 7) is 7.34. The molecule has 0 aromatic heterocycles. The van der Waals surface area contributed by atoms with Gasteiger partial charge < -0.3 is 9.47 Å². The second-order valence-electron chi connectivity index (χ2n) is 16.6. The second-order valence-corrected chi connectivity index (χ2v) is 16.6. The zero-order valence-corrected chi connectivity index (χ0v) is 31.4. The van der Waals surface area contributed by atoms with Crippen molar-refractivity contribution in [3.05, 3.63) is 11.6 Å². The molecule has 6 atom stereocenters. The standard InChI is InChI=1S/C43H72O5/c1-4-6-8-10-12-14-16-18-20-22-40(45)47-33-43-31-28-35(44)32-34(43)24-25-36-37-26-27-39(42(37,3)30-29-38(36)43)48-41(46)23-21-19-17-15-13-11-9-7-5-2/h32,36-39H,4-31,33H2,1-3H3/t36-,37-,38+,39?,42-,43+/m0/s1. The third-order valence-corrected chi connectivity index (χ3v) is 13.3. The minimum atomic E-state index is -0.197. The van der Waals surface area contributed by atoms with Crippen LogP contribution < -0.4 is 0 Å². The number of ketones is 1. The van der Waals surface area contributed by atoms with Crippen LogP contribution in [0.15, 0.2) is 11.6 Å². The summed E-state index contributed by atoms with van der Waals surface area (Å²) in [7, 11) is 0. The van der Waals surface area contributed by atoms with Gasteiger partial charge in [-0.1, -0.05) is 129 Å². The van der Waals surface area contributed by atoms with Crippen molar-refractivity contribution in [3.8, 4) is 0 Å². The molecule has 3 saturated carbocycles. The van der Waals surface area contributed by atoms with Gasteiger partial charge in [0.2, 0.25) is 0 Å². The van der Waals surface area contributed by atoms with Gasteiger partial charge in [-0.15, -0.1) is 0 Å². The van der Waals surface area contributed by atoms with Crippen molar-refractivity contribution in [3.63, 3.8) is 0 Å². The molecular weight excluding hydrogens is 596 g/mol. The van der Waals surface area contributed by atoms with E-state index in [1.807, 2.05) is 6.08 Å². The molecule has 4 aliphatic carbocycles. The lowest BCUT2D eigenvalue weighted by molar-refractivity contribution is -0.162. The van der Waals surface area contributed by atoms with Gasteiger partial charge in [0.05, 0.1) is 0 Å². The molecule has 5 nitrogen and oxygen atoms in total. The topological polar surface area (TPSA) is 69.7 Å². The maximum absolute atomic E-state index is 13.0. The molecule has 0 bridgehead atoms. The van der Waals surface area contributed by atoms with E-state index in [9.17, 15) is 14.4 Å². The van der Waals surface area contributed by atoms with Crippen LogP contribution in [-0.2, 0) is 23.9 Å². The molecule has 0 N–H and O–H groups in total. The lowest BCUT2D eigenvalue weighted by Gasteiger charge is -2.58. The SMILES string of the molecule is CCCCCCCCCCCC(=O)OC[C@]12CCC(=O)C=C1CC[C@@H]1[C@H]2CC[C@]2(C)C(OC(=O)CCCCCCCCCCC)CC[C@@H]12. The first-order chi connectivity index (χ1) is 23.3. The van der Waals surface area contributed by atoms with Crippen molar-refractivity contribution in [2.75, 3.05) is 6.61 Å². The second kappa shape index (κ2) is 20.3. The van der Waals surface area contributed by atoms with E-state index in [0.29, 0.717) is 43.6 Å². The molecule has 4 rings (SSSR count). The highest BCUT2D eigenvalue weighted by molar-refractivity contribution is 5.91. The predicted octanol–water partition coefficient (Wildman–Crippen LogP) is 11.8. The number of carbonyl (C=O) groups is 3. The van der Waals surface area contributed by atoms with Crippen LogP contribution in [0.1, 0.15) is 201 Å². The van der Waals surface area contributed by atoms with Crippen molar-refractivity contribution in [1.29, 1.82) is 0 Å². The van der Waals surface area contributed by atoms with Crippen LogP contribution in [0.3, 0.4) is 0 Å². The van der Waals surface area contributed by atoms with E-state index < -0.39 is 0 Å². The Kier molecular flexibility index (Phi) is 16.5. The molecule has 0 heterocycles. The fourth-order valence-electron chi connectivity index (χ4n) is 10.4. The number of fused-ring (bicyclic) bond motifs is 5. The van der Waals surface area contributed by atoms with Gasteiger partial charge in [-0.05, 0) is 81.6 Å². The monoisotopic (exact) mass is 669 g/mol. The van der Waals surface area contributed by atoms with Gasteiger partial charge in [0.25, 0.3) is 0 Å². The molecule has 274 valence electrons. The Morgan fingerprint density at radius 2 is 1.23 bits per heavy atom. The Labute approximate surface area is 294 Å². The van der Waals surface area contributed by atoms with Crippen LogP contribution in [-0.4, -0.2) is 30.4 Å². The van der Waals surface area contributed by atoms with Gasteiger partial charge in [0.15, 0.2) is 5.78 Å². The maximum Gasteiger partial charge on any atom is 0.306 e. The largest absolute Gasteiger partial charge is 0.465 e. The molecule has 0 spiro atoms. The van der Waals surface area contributed by atoms with E-state index in [-0.39, 0.29) is 34.7 Å². The molecule has 3 fully saturated rings. The third-order valence-electron chi connectivity index (χ3n) is 13.3. The van der Waals surface area contributed by atoms with Gasteiger partial charge in [0, 0.05) is 30.1 Å². The van der Waals surface area contributed by atoms with Gasteiger partial charge >= 0.3 is 11.9 Å². The molecular formula is C43H72O5. The van der Waals surface area contributed by atoms with Crippen molar-refractivity contribution in [2.24, 2.45) is 28.6 Å². The zero-order chi connectivity index (χ0) is 34.2. The molecule has 4 aliphatic rings. The van der Waals surface area contributed by atoms with Crippen LogP contribution in [0.2, 0.25) is 0 Å². The van der Waals surface area contributed by atoms with E-state index in [1.165, 1.54) is 95.5 Å². The van der Waals surface area contributed by atoms with E-state index in [1.54, 1.807) is 0 Å². The molecule has 0 aromatic rings. The van der Waals surface area contributed by atoms with E-state index in [4.69, 9.17) is 9.47 Å². The molecule has 0 amide bonds. The molecule has 48 heavy (non-hydrogen) atoms. The third kappa shape index (κ3) is 10.7.